The molecule has 10 heteroatoms. The number of ether oxygens (including phenoxy) is 1. The number of piperazine rings is 1. The van der Waals surface area contributed by atoms with Gasteiger partial charge in [0.1, 0.15) is 0 Å². The second-order valence-corrected chi connectivity index (χ2v) is 10.6. The normalized spacial score (nSPS) is 18.4. The number of imidazole rings is 1. The summed E-state index contributed by atoms with van der Waals surface area (Å²) in [4.78, 5) is 43.3. The minimum Gasteiger partial charge on any atom is -0.391 e. The summed E-state index contributed by atoms with van der Waals surface area (Å²) in [5.41, 5.74) is 3.46. The molecular weight excluding hydrogens is 506 g/mol. The van der Waals surface area contributed by atoms with Crippen LogP contribution in [0.1, 0.15) is 54.2 Å². The molecule has 2 aliphatic heterocycles. The molecule has 4 heterocycles. The number of rotatable bonds is 9. The number of benzene rings is 1. The van der Waals surface area contributed by atoms with E-state index in [-0.39, 0.29) is 11.8 Å². The van der Waals surface area contributed by atoms with E-state index in [1.807, 2.05) is 30.5 Å². The van der Waals surface area contributed by atoms with Gasteiger partial charge in [-0.1, -0.05) is 25.5 Å². The van der Waals surface area contributed by atoms with E-state index >= 15 is 0 Å². The largest absolute Gasteiger partial charge is 0.416 e. The standard InChI is InChI=1S/C30H39N7O3/c1-2-27-5-3-4-13-37(27)21-23-6-8-24(9-7-23)29(38)34-26-10-11-28(32-20-26)40-30(39)36-17-15-35(16-18-36)14-12-25-19-31-22-33-25/h6-11,19-20,22,27H,2-5,12-18,21H2,1H3,(H,31,33)(H,34,38). The van der Waals surface area contributed by atoms with Crippen LogP contribution < -0.4 is 10.1 Å². The van der Waals surface area contributed by atoms with Crippen molar-refractivity contribution in [3.05, 3.63) is 71.9 Å². The average Bonchev–Trinajstić information content (AvgIpc) is 3.52. The van der Waals surface area contributed by atoms with Gasteiger partial charge in [0.15, 0.2) is 0 Å². The molecule has 10 nitrogen and oxygen atoms in total. The van der Waals surface area contributed by atoms with Crippen LogP contribution in [0.5, 0.6) is 5.88 Å². The number of likely N-dealkylation sites (tertiary alicyclic amines) is 1. The molecule has 40 heavy (non-hydrogen) atoms. The van der Waals surface area contributed by atoms with E-state index in [4.69, 9.17) is 4.74 Å². The SMILES string of the molecule is CCC1CCCCN1Cc1ccc(C(=O)Nc2ccc(OC(=O)N3CCN(CCc4cnc[nH]4)CC3)nc2)cc1. The lowest BCUT2D eigenvalue weighted by molar-refractivity contribution is 0.102. The maximum atomic E-state index is 12.8. The van der Waals surface area contributed by atoms with E-state index in [1.165, 1.54) is 37.4 Å². The smallest absolute Gasteiger partial charge is 0.391 e. The van der Waals surface area contributed by atoms with Crippen molar-refractivity contribution in [1.29, 1.82) is 0 Å². The highest BCUT2D eigenvalue weighted by Gasteiger charge is 2.23. The molecular formula is C30H39N7O3. The Kier molecular flexibility index (Phi) is 9.41. The topological polar surface area (TPSA) is 107 Å². The number of aromatic amines is 1. The Labute approximate surface area is 235 Å². The van der Waals surface area contributed by atoms with Gasteiger partial charge in [0.25, 0.3) is 5.91 Å². The highest BCUT2D eigenvalue weighted by molar-refractivity contribution is 6.04. The van der Waals surface area contributed by atoms with Crippen molar-refractivity contribution in [2.45, 2.75) is 51.6 Å². The van der Waals surface area contributed by atoms with Crippen molar-refractivity contribution >= 4 is 17.7 Å². The Bertz CT molecular complexity index is 1220. The first-order valence-electron chi connectivity index (χ1n) is 14.3. The van der Waals surface area contributed by atoms with Crippen molar-refractivity contribution in [1.82, 2.24) is 29.7 Å². The Balaban J connectivity index is 1.05. The van der Waals surface area contributed by atoms with Gasteiger partial charge in [0.2, 0.25) is 5.88 Å². The lowest BCUT2D eigenvalue weighted by Gasteiger charge is -2.35. The van der Waals surface area contributed by atoms with Gasteiger partial charge in [-0.3, -0.25) is 14.6 Å². The minimum absolute atomic E-state index is 0.201. The van der Waals surface area contributed by atoms with Crippen LogP contribution in [0.2, 0.25) is 0 Å². The number of piperidine rings is 1. The fourth-order valence-electron chi connectivity index (χ4n) is 5.45. The summed E-state index contributed by atoms with van der Waals surface area (Å²) in [5.74, 6) is 0.00465. The molecule has 2 aliphatic rings. The highest BCUT2D eigenvalue weighted by atomic mass is 16.6. The van der Waals surface area contributed by atoms with Gasteiger partial charge in [-0.25, -0.2) is 14.8 Å². The summed E-state index contributed by atoms with van der Waals surface area (Å²) >= 11 is 0. The molecule has 0 bridgehead atoms. The number of pyridine rings is 1. The third kappa shape index (κ3) is 7.45. The van der Waals surface area contributed by atoms with E-state index in [0.717, 1.165) is 44.8 Å². The quantitative estimate of drug-likeness (QED) is 0.415. The summed E-state index contributed by atoms with van der Waals surface area (Å²) in [6.45, 7) is 8.03. The molecule has 212 valence electrons. The molecule has 2 N–H and O–H groups in total. The molecule has 3 aromatic rings. The molecule has 1 aromatic carbocycles. The molecule has 1 unspecified atom stereocenters. The van der Waals surface area contributed by atoms with Gasteiger partial charge >= 0.3 is 6.09 Å². The van der Waals surface area contributed by atoms with Crippen LogP contribution >= 0.6 is 0 Å². The third-order valence-electron chi connectivity index (χ3n) is 7.89. The lowest BCUT2D eigenvalue weighted by Crippen LogP contribution is -2.50. The predicted octanol–water partition coefficient (Wildman–Crippen LogP) is 4.18. The van der Waals surface area contributed by atoms with Crippen LogP contribution in [0.4, 0.5) is 10.5 Å². The van der Waals surface area contributed by atoms with Crippen molar-refractivity contribution < 1.29 is 14.3 Å². The summed E-state index contributed by atoms with van der Waals surface area (Å²) in [6, 6.07) is 11.8. The number of hydrogen-bond acceptors (Lipinski definition) is 7. The van der Waals surface area contributed by atoms with Gasteiger partial charge in [-0.2, -0.15) is 0 Å². The lowest BCUT2D eigenvalue weighted by atomic mass is 9.99. The minimum atomic E-state index is -0.410. The molecule has 1 atom stereocenters. The molecule has 0 saturated carbocycles. The van der Waals surface area contributed by atoms with Crippen molar-refractivity contribution in [3.8, 4) is 5.88 Å². The van der Waals surface area contributed by atoms with E-state index < -0.39 is 6.09 Å². The van der Waals surface area contributed by atoms with Crippen molar-refractivity contribution in [2.75, 3.05) is 44.6 Å². The van der Waals surface area contributed by atoms with Crippen LogP contribution in [-0.2, 0) is 13.0 Å². The maximum absolute atomic E-state index is 12.8. The molecule has 2 aromatic heterocycles. The van der Waals surface area contributed by atoms with Gasteiger partial charge in [0, 0.05) is 75.3 Å². The molecule has 0 aliphatic carbocycles. The van der Waals surface area contributed by atoms with E-state index in [0.29, 0.717) is 30.4 Å². The third-order valence-corrected chi connectivity index (χ3v) is 7.89. The van der Waals surface area contributed by atoms with E-state index in [2.05, 4.69) is 37.0 Å². The average molecular weight is 546 g/mol. The fourth-order valence-corrected chi connectivity index (χ4v) is 5.45. The summed E-state index contributed by atoms with van der Waals surface area (Å²) in [5, 5.41) is 2.87. The second-order valence-electron chi connectivity index (χ2n) is 10.6. The van der Waals surface area contributed by atoms with Crippen LogP contribution in [0.3, 0.4) is 0 Å². The monoisotopic (exact) mass is 545 g/mol. The number of hydrogen-bond donors (Lipinski definition) is 2. The molecule has 2 saturated heterocycles. The first kappa shape index (κ1) is 27.8. The maximum Gasteiger partial charge on any atom is 0.416 e. The van der Waals surface area contributed by atoms with E-state index in [9.17, 15) is 9.59 Å². The number of anilines is 1. The van der Waals surface area contributed by atoms with Crippen LogP contribution in [0, 0.1) is 0 Å². The second kappa shape index (κ2) is 13.5. The number of carbonyl (C=O) groups is 2. The van der Waals surface area contributed by atoms with Crippen LogP contribution in [0.15, 0.2) is 55.1 Å². The number of nitrogens with one attached hydrogen (secondary N) is 2. The Morgan fingerprint density at radius 1 is 1.02 bits per heavy atom. The van der Waals surface area contributed by atoms with Gasteiger partial charge in [-0.15, -0.1) is 0 Å². The first-order valence-corrected chi connectivity index (χ1v) is 14.3. The van der Waals surface area contributed by atoms with E-state index in [1.54, 1.807) is 23.4 Å². The zero-order valence-electron chi connectivity index (χ0n) is 23.2. The molecule has 2 amide bonds. The predicted molar refractivity (Wildman–Crippen MR) is 153 cm³/mol. The Hall–Kier alpha value is -3.76. The first-order chi connectivity index (χ1) is 19.6. The summed E-state index contributed by atoms with van der Waals surface area (Å²) in [6.07, 6.45) is 10.6. The molecule has 0 radical (unpaired) electrons. The summed E-state index contributed by atoms with van der Waals surface area (Å²) < 4.78 is 5.47. The molecule has 5 rings (SSSR count). The van der Waals surface area contributed by atoms with Crippen LogP contribution in [0.25, 0.3) is 0 Å². The van der Waals surface area contributed by atoms with Crippen molar-refractivity contribution in [3.63, 3.8) is 0 Å². The van der Waals surface area contributed by atoms with Crippen LogP contribution in [-0.4, -0.2) is 87.0 Å². The number of amides is 2. The number of nitrogens with zero attached hydrogens (tertiary/aromatic N) is 5. The zero-order valence-corrected chi connectivity index (χ0v) is 23.2. The summed E-state index contributed by atoms with van der Waals surface area (Å²) in [7, 11) is 0. The Morgan fingerprint density at radius 3 is 2.55 bits per heavy atom. The molecule has 0 spiro atoms. The number of H-pyrrole nitrogens is 1. The van der Waals surface area contributed by atoms with Crippen molar-refractivity contribution in [2.24, 2.45) is 0 Å². The van der Waals surface area contributed by atoms with Gasteiger partial charge in [-0.05, 0) is 49.6 Å². The Morgan fingerprint density at radius 2 is 1.85 bits per heavy atom. The highest BCUT2D eigenvalue weighted by Crippen LogP contribution is 2.22. The fraction of sp³-hybridized carbons (Fsp3) is 0.467. The van der Waals surface area contributed by atoms with Gasteiger partial charge < -0.3 is 19.9 Å². The van der Waals surface area contributed by atoms with Gasteiger partial charge in [0.05, 0.1) is 18.2 Å². The molecule has 2 fully saturated rings. The number of carbonyl (C=O) groups excluding carboxylic acids is 2. The zero-order chi connectivity index (χ0) is 27.7. The number of aromatic nitrogens is 3.